The molecule has 1 aliphatic carbocycles. The smallest absolute Gasteiger partial charge is 0.0249 e. The average Bonchev–Trinajstić information content (AvgIpc) is 2.36. The van der Waals surface area contributed by atoms with Gasteiger partial charge in [0, 0.05) is 18.6 Å². The van der Waals surface area contributed by atoms with Crippen molar-refractivity contribution >= 4 is 0 Å². The van der Waals surface area contributed by atoms with Gasteiger partial charge in [0.2, 0.25) is 0 Å². The van der Waals surface area contributed by atoms with Gasteiger partial charge in [-0.15, -0.1) is 0 Å². The van der Waals surface area contributed by atoms with Crippen LogP contribution in [0.1, 0.15) is 51.9 Å². The fraction of sp³-hybridized carbons (Fsp3) is 1.00. The summed E-state index contributed by atoms with van der Waals surface area (Å²) >= 11 is 0. The zero-order valence-corrected chi connectivity index (χ0v) is 10.1. The molecule has 2 atom stereocenters. The molecule has 1 aliphatic heterocycles. The van der Waals surface area contributed by atoms with Crippen LogP contribution in [0.5, 0.6) is 0 Å². The fourth-order valence-corrected chi connectivity index (χ4v) is 3.21. The van der Waals surface area contributed by atoms with E-state index in [0.717, 1.165) is 18.5 Å². The first-order chi connectivity index (χ1) is 7.33. The highest BCUT2D eigenvalue weighted by atomic mass is 15.2. The van der Waals surface area contributed by atoms with Crippen molar-refractivity contribution in [2.75, 3.05) is 13.1 Å². The van der Waals surface area contributed by atoms with Crippen LogP contribution in [0, 0.1) is 5.92 Å². The van der Waals surface area contributed by atoms with Gasteiger partial charge in [0.25, 0.3) is 0 Å². The number of likely N-dealkylation sites (tertiary alicyclic amines) is 1. The highest BCUT2D eigenvalue weighted by Crippen LogP contribution is 2.34. The van der Waals surface area contributed by atoms with Gasteiger partial charge < -0.3 is 5.73 Å². The van der Waals surface area contributed by atoms with Crippen molar-refractivity contribution in [3.8, 4) is 0 Å². The van der Waals surface area contributed by atoms with E-state index in [4.69, 9.17) is 5.73 Å². The lowest BCUT2D eigenvalue weighted by molar-refractivity contribution is 0.0710. The van der Waals surface area contributed by atoms with Gasteiger partial charge in [-0.3, -0.25) is 4.90 Å². The minimum absolute atomic E-state index is 0.687. The van der Waals surface area contributed by atoms with Crippen LogP contribution < -0.4 is 5.73 Å². The molecule has 1 heterocycles. The van der Waals surface area contributed by atoms with Gasteiger partial charge in [-0.05, 0) is 45.1 Å². The van der Waals surface area contributed by atoms with Crippen molar-refractivity contribution in [3.05, 3.63) is 0 Å². The molecule has 1 saturated heterocycles. The van der Waals surface area contributed by atoms with Crippen LogP contribution in [0.15, 0.2) is 0 Å². The van der Waals surface area contributed by atoms with Crippen LogP contribution in [0.25, 0.3) is 0 Å². The van der Waals surface area contributed by atoms with E-state index in [0.29, 0.717) is 6.04 Å². The van der Waals surface area contributed by atoms with E-state index in [1.807, 2.05) is 0 Å². The summed E-state index contributed by atoms with van der Waals surface area (Å²) in [7, 11) is 0. The highest BCUT2D eigenvalue weighted by Gasteiger charge is 2.33. The molecule has 0 bridgehead atoms. The molecule has 2 rings (SSSR count). The summed E-state index contributed by atoms with van der Waals surface area (Å²) in [4.78, 5) is 2.72. The van der Waals surface area contributed by atoms with E-state index >= 15 is 0 Å². The Bertz CT molecular complexity index is 189. The Morgan fingerprint density at radius 3 is 2.53 bits per heavy atom. The Labute approximate surface area is 94.2 Å². The lowest BCUT2D eigenvalue weighted by atomic mass is 9.78. The molecule has 0 spiro atoms. The molecule has 0 radical (unpaired) electrons. The van der Waals surface area contributed by atoms with E-state index < -0.39 is 0 Å². The van der Waals surface area contributed by atoms with Crippen molar-refractivity contribution in [1.29, 1.82) is 0 Å². The van der Waals surface area contributed by atoms with Crippen LogP contribution in [0.3, 0.4) is 0 Å². The Morgan fingerprint density at radius 1 is 1.13 bits per heavy atom. The van der Waals surface area contributed by atoms with Crippen molar-refractivity contribution in [3.63, 3.8) is 0 Å². The average molecular weight is 210 g/mol. The maximum atomic E-state index is 5.99. The molecule has 0 amide bonds. The van der Waals surface area contributed by atoms with Crippen molar-refractivity contribution in [1.82, 2.24) is 4.90 Å². The summed E-state index contributed by atoms with van der Waals surface area (Å²) in [6.45, 7) is 4.56. The second kappa shape index (κ2) is 5.31. The highest BCUT2D eigenvalue weighted by molar-refractivity contribution is 4.88. The first kappa shape index (κ1) is 11.4. The predicted octanol–water partition coefficient (Wildman–Crippen LogP) is 2.38. The lowest BCUT2D eigenvalue weighted by Gasteiger charge is -2.43. The number of nitrogens with two attached hydrogens (primary N) is 1. The summed E-state index contributed by atoms with van der Waals surface area (Å²) < 4.78 is 0. The molecule has 2 N–H and O–H groups in total. The van der Waals surface area contributed by atoms with Crippen LogP contribution in [-0.2, 0) is 0 Å². The van der Waals surface area contributed by atoms with Gasteiger partial charge in [-0.2, -0.15) is 0 Å². The van der Waals surface area contributed by atoms with E-state index in [9.17, 15) is 0 Å². The topological polar surface area (TPSA) is 29.3 Å². The summed E-state index contributed by atoms with van der Waals surface area (Å²) in [5.74, 6) is 0.913. The molecule has 0 aromatic heterocycles. The molecule has 2 fully saturated rings. The third-order valence-corrected chi connectivity index (χ3v) is 4.47. The SMILES string of the molecule is CC1CCCCCN1C(CN)C1CCC1. The largest absolute Gasteiger partial charge is 0.329 e. The molecule has 15 heavy (non-hydrogen) atoms. The minimum atomic E-state index is 0.687. The predicted molar refractivity (Wildman–Crippen MR) is 64.8 cm³/mol. The number of hydrogen-bond acceptors (Lipinski definition) is 2. The molecule has 88 valence electrons. The third-order valence-electron chi connectivity index (χ3n) is 4.47. The van der Waals surface area contributed by atoms with Crippen LogP contribution >= 0.6 is 0 Å². The van der Waals surface area contributed by atoms with Crippen molar-refractivity contribution in [2.45, 2.75) is 64.0 Å². The van der Waals surface area contributed by atoms with Gasteiger partial charge >= 0.3 is 0 Å². The third kappa shape index (κ3) is 2.54. The summed E-state index contributed by atoms with van der Waals surface area (Å²) in [5.41, 5.74) is 5.99. The zero-order chi connectivity index (χ0) is 10.7. The molecule has 0 aromatic carbocycles. The number of rotatable bonds is 3. The van der Waals surface area contributed by atoms with Gasteiger partial charge in [0.15, 0.2) is 0 Å². The van der Waals surface area contributed by atoms with Crippen LogP contribution in [0.2, 0.25) is 0 Å². The zero-order valence-electron chi connectivity index (χ0n) is 10.1. The molecule has 0 aromatic rings. The first-order valence-corrected chi connectivity index (χ1v) is 6.78. The van der Waals surface area contributed by atoms with E-state index in [2.05, 4.69) is 11.8 Å². The molecular weight excluding hydrogens is 184 g/mol. The Hall–Kier alpha value is -0.0800. The van der Waals surface area contributed by atoms with Gasteiger partial charge in [0.1, 0.15) is 0 Å². The van der Waals surface area contributed by atoms with E-state index in [1.54, 1.807) is 0 Å². The second-order valence-electron chi connectivity index (χ2n) is 5.43. The fourth-order valence-electron chi connectivity index (χ4n) is 3.21. The van der Waals surface area contributed by atoms with E-state index in [1.165, 1.54) is 51.5 Å². The molecule has 2 heteroatoms. The monoisotopic (exact) mass is 210 g/mol. The number of hydrogen-bond donors (Lipinski definition) is 1. The van der Waals surface area contributed by atoms with Gasteiger partial charge in [-0.25, -0.2) is 0 Å². The molecule has 1 saturated carbocycles. The Kier molecular flexibility index (Phi) is 4.04. The lowest BCUT2D eigenvalue weighted by Crippen LogP contribution is -2.51. The number of nitrogens with zero attached hydrogens (tertiary/aromatic N) is 1. The van der Waals surface area contributed by atoms with Crippen molar-refractivity contribution in [2.24, 2.45) is 11.7 Å². The summed E-state index contributed by atoms with van der Waals surface area (Å²) in [5, 5.41) is 0. The van der Waals surface area contributed by atoms with Gasteiger partial charge in [0.05, 0.1) is 0 Å². The standard InChI is InChI=1S/C13H26N2/c1-11-6-3-2-4-9-15(11)13(10-14)12-7-5-8-12/h11-13H,2-10,14H2,1H3. The summed E-state index contributed by atoms with van der Waals surface area (Å²) in [6.07, 6.45) is 9.87. The first-order valence-electron chi connectivity index (χ1n) is 6.78. The molecule has 2 nitrogen and oxygen atoms in total. The minimum Gasteiger partial charge on any atom is -0.329 e. The summed E-state index contributed by atoms with van der Waals surface area (Å²) in [6, 6.07) is 1.45. The van der Waals surface area contributed by atoms with Crippen LogP contribution in [0.4, 0.5) is 0 Å². The van der Waals surface area contributed by atoms with E-state index in [-0.39, 0.29) is 0 Å². The quantitative estimate of drug-likeness (QED) is 0.775. The maximum absolute atomic E-state index is 5.99. The van der Waals surface area contributed by atoms with Crippen molar-refractivity contribution < 1.29 is 0 Å². The Balaban J connectivity index is 1.96. The molecule has 2 unspecified atom stereocenters. The molecular formula is C13H26N2. The Morgan fingerprint density at radius 2 is 1.93 bits per heavy atom. The molecule has 2 aliphatic rings. The normalized spacial score (nSPS) is 32.0. The maximum Gasteiger partial charge on any atom is 0.0249 e. The van der Waals surface area contributed by atoms with Gasteiger partial charge in [-0.1, -0.05) is 19.3 Å². The second-order valence-corrected chi connectivity index (χ2v) is 5.43. The van der Waals surface area contributed by atoms with Crippen LogP contribution in [-0.4, -0.2) is 30.1 Å².